The number of rotatable bonds is 4. The predicted molar refractivity (Wildman–Crippen MR) is 102 cm³/mol. The number of fused-ring (bicyclic) bond motifs is 1. The Labute approximate surface area is 159 Å². The van der Waals surface area contributed by atoms with Crippen molar-refractivity contribution in [1.29, 1.82) is 0 Å². The summed E-state index contributed by atoms with van der Waals surface area (Å²) in [5.74, 6) is 0.314. The van der Waals surface area contributed by atoms with Gasteiger partial charge in [0, 0.05) is 16.7 Å². The van der Waals surface area contributed by atoms with E-state index in [2.05, 4.69) is 9.97 Å². The van der Waals surface area contributed by atoms with Gasteiger partial charge in [0.2, 0.25) is 0 Å². The molecule has 0 amide bonds. The van der Waals surface area contributed by atoms with Gasteiger partial charge in [-0.3, -0.25) is 0 Å². The van der Waals surface area contributed by atoms with Gasteiger partial charge in [0.15, 0.2) is 6.23 Å². The van der Waals surface area contributed by atoms with Crippen LogP contribution < -0.4 is 5.73 Å². The molecule has 27 heavy (non-hydrogen) atoms. The van der Waals surface area contributed by atoms with Crippen LogP contribution in [0.3, 0.4) is 0 Å². The zero-order valence-electron chi connectivity index (χ0n) is 14.6. The lowest BCUT2D eigenvalue weighted by molar-refractivity contribution is -0.0508. The van der Waals surface area contributed by atoms with Gasteiger partial charge in [0.05, 0.1) is 12.0 Å². The number of aliphatic hydroxyl groups excluding tert-OH is 3. The molecule has 1 aliphatic rings. The average molecular weight is 388 g/mol. The second-order valence-corrected chi connectivity index (χ2v) is 7.24. The van der Waals surface area contributed by atoms with Gasteiger partial charge in [-0.15, -0.1) is 11.8 Å². The van der Waals surface area contributed by atoms with E-state index in [1.54, 1.807) is 22.5 Å². The van der Waals surface area contributed by atoms with Gasteiger partial charge >= 0.3 is 0 Å². The van der Waals surface area contributed by atoms with Crippen molar-refractivity contribution in [1.82, 2.24) is 14.5 Å². The Morgan fingerprint density at radius 2 is 1.93 bits per heavy atom. The first-order valence-corrected chi connectivity index (χ1v) is 9.65. The first-order chi connectivity index (χ1) is 13.0. The summed E-state index contributed by atoms with van der Waals surface area (Å²) in [5.41, 5.74) is 8.32. The fourth-order valence-electron chi connectivity index (χ4n) is 3.40. The number of anilines is 1. The summed E-state index contributed by atoms with van der Waals surface area (Å²) in [4.78, 5) is 9.53. The number of nitrogens with two attached hydrogens (primary N) is 1. The fraction of sp³-hybridized carbons (Fsp3) is 0.333. The van der Waals surface area contributed by atoms with Crippen LogP contribution in [0.2, 0.25) is 0 Å². The molecule has 142 valence electrons. The molecule has 3 heterocycles. The van der Waals surface area contributed by atoms with Crippen LogP contribution in [-0.4, -0.2) is 61.0 Å². The van der Waals surface area contributed by atoms with Crippen LogP contribution in [0, 0.1) is 0 Å². The quantitative estimate of drug-likeness (QED) is 0.488. The van der Waals surface area contributed by atoms with Crippen LogP contribution in [0.15, 0.2) is 41.7 Å². The maximum atomic E-state index is 10.4. The lowest BCUT2D eigenvalue weighted by atomic mass is 10.1. The van der Waals surface area contributed by atoms with Crippen molar-refractivity contribution in [3.8, 4) is 11.1 Å². The molecule has 3 aromatic rings. The van der Waals surface area contributed by atoms with Gasteiger partial charge in [-0.1, -0.05) is 12.1 Å². The Morgan fingerprint density at radius 3 is 2.56 bits per heavy atom. The number of aliphatic hydroxyl groups is 3. The molecule has 5 N–H and O–H groups in total. The first kappa shape index (κ1) is 18.2. The van der Waals surface area contributed by atoms with Gasteiger partial charge in [-0.05, 0) is 24.0 Å². The summed E-state index contributed by atoms with van der Waals surface area (Å²) < 4.78 is 7.30. The summed E-state index contributed by atoms with van der Waals surface area (Å²) in [5, 5.41) is 30.5. The predicted octanol–water partition coefficient (Wildman–Crippen LogP) is 1.01. The smallest absolute Gasteiger partial charge is 0.164 e. The highest BCUT2D eigenvalue weighted by Gasteiger charge is 2.44. The van der Waals surface area contributed by atoms with Crippen LogP contribution in [0.1, 0.15) is 6.23 Å². The number of ether oxygens (including phenoxy) is 1. The Kier molecular flexibility index (Phi) is 4.79. The molecular weight excluding hydrogens is 368 g/mol. The molecule has 0 aliphatic carbocycles. The molecule has 2 aromatic heterocycles. The molecule has 0 spiro atoms. The maximum absolute atomic E-state index is 10.4. The lowest BCUT2D eigenvalue weighted by Crippen LogP contribution is -2.33. The van der Waals surface area contributed by atoms with Gasteiger partial charge < -0.3 is 30.4 Å². The van der Waals surface area contributed by atoms with Crippen molar-refractivity contribution >= 4 is 28.6 Å². The molecule has 0 radical (unpaired) electrons. The van der Waals surface area contributed by atoms with Gasteiger partial charge in [0.25, 0.3) is 0 Å². The molecule has 4 atom stereocenters. The SMILES string of the molecule is CSc1ccc(-c2cn([C@@H]3O[C@H](CO)[C@@H](O)[C@H]3O)c3ncnc(N)c23)cc1. The summed E-state index contributed by atoms with van der Waals surface area (Å²) in [6.07, 6.45) is 0.968. The van der Waals surface area contributed by atoms with E-state index in [9.17, 15) is 15.3 Å². The highest BCUT2D eigenvalue weighted by atomic mass is 32.2. The van der Waals surface area contributed by atoms with E-state index >= 15 is 0 Å². The monoisotopic (exact) mass is 388 g/mol. The number of aromatic nitrogens is 3. The van der Waals surface area contributed by atoms with Crippen LogP contribution in [0.25, 0.3) is 22.2 Å². The number of hydrogen-bond donors (Lipinski definition) is 4. The van der Waals surface area contributed by atoms with Crippen molar-refractivity contribution in [3.63, 3.8) is 0 Å². The molecule has 1 aromatic carbocycles. The molecule has 1 fully saturated rings. The van der Waals surface area contributed by atoms with Gasteiger partial charge in [-0.2, -0.15) is 0 Å². The third-order valence-electron chi connectivity index (χ3n) is 4.83. The van der Waals surface area contributed by atoms with Crippen LogP contribution in [0.5, 0.6) is 0 Å². The standard InChI is InChI=1S/C18H20N4O4S/c1-27-10-4-2-9(3-5-10)11-6-22(17-13(11)16(19)20-8-21-17)18-15(25)14(24)12(7-23)26-18/h2-6,8,12,14-15,18,23-25H,7H2,1H3,(H2,19,20,21)/t12-,14-,15-,18-/m1/s1. The Morgan fingerprint density at radius 1 is 1.19 bits per heavy atom. The molecule has 0 bridgehead atoms. The largest absolute Gasteiger partial charge is 0.394 e. The van der Waals surface area contributed by atoms with Crippen molar-refractivity contribution in [3.05, 3.63) is 36.8 Å². The van der Waals surface area contributed by atoms with Crippen LogP contribution in [-0.2, 0) is 4.74 Å². The molecule has 4 rings (SSSR count). The van der Waals surface area contributed by atoms with Crippen molar-refractivity contribution in [2.45, 2.75) is 29.4 Å². The molecule has 9 heteroatoms. The summed E-state index contributed by atoms with van der Waals surface area (Å²) >= 11 is 1.65. The van der Waals surface area contributed by atoms with Crippen LogP contribution in [0.4, 0.5) is 5.82 Å². The van der Waals surface area contributed by atoms with E-state index in [0.717, 1.165) is 16.0 Å². The molecule has 1 aliphatic heterocycles. The Balaban J connectivity index is 1.87. The average Bonchev–Trinajstić information content (AvgIpc) is 3.21. The molecule has 0 unspecified atom stereocenters. The first-order valence-electron chi connectivity index (χ1n) is 8.43. The maximum Gasteiger partial charge on any atom is 0.164 e. The minimum atomic E-state index is -1.21. The molecule has 8 nitrogen and oxygen atoms in total. The molecule has 1 saturated heterocycles. The van der Waals surface area contributed by atoms with E-state index in [1.165, 1.54) is 6.33 Å². The van der Waals surface area contributed by atoms with Crippen molar-refractivity contribution < 1.29 is 20.1 Å². The highest BCUT2D eigenvalue weighted by Crippen LogP contribution is 2.38. The fourth-order valence-corrected chi connectivity index (χ4v) is 3.81. The highest BCUT2D eigenvalue weighted by molar-refractivity contribution is 7.98. The summed E-state index contributed by atoms with van der Waals surface area (Å²) in [6.45, 7) is -0.395. The summed E-state index contributed by atoms with van der Waals surface area (Å²) in [6, 6.07) is 7.98. The number of nitrogens with zero attached hydrogens (tertiary/aromatic N) is 3. The lowest BCUT2D eigenvalue weighted by Gasteiger charge is -2.17. The van der Waals surface area contributed by atoms with Crippen molar-refractivity contribution in [2.75, 3.05) is 18.6 Å². The zero-order chi connectivity index (χ0) is 19.1. The third kappa shape index (κ3) is 2.97. The minimum Gasteiger partial charge on any atom is -0.394 e. The Bertz CT molecular complexity index is 962. The van der Waals surface area contributed by atoms with Crippen LogP contribution >= 0.6 is 11.8 Å². The van der Waals surface area contributed by atoms with E-state index in [-0.39, 0.29) is 0 Å². The molecular formula is C18H20N4O4S. The summed E-state index contributed by atoms with van der Waals surface area (Å²) in [7, 11) is 0. The van der Waals surface area contributed by atoms with Crippen molar-refractivity contribution in [2.24, 2.45) is 0 Å². The van der Waals surface area contributed by atoms with E-state index in [4.69, 9.17) is 10.5 Å². The number of thioether (sulfide) groups is 1. The van der Waals surface area contributed by atoms with E-state index in [1.807, 2.05) is 30.5 Å². The number of nitrogen functional groups attached to an aromatic ring is 1. The van der Waals surface area contributed by atoms with Gasteiger partial charge in [0.1, 0.15) is 36.1 Å². The normalized spacial score (nSPS) is 25.3. The van der Waals surface area contributed by atoms with E-state index < -0.39 is 31.1 Å². The number of benzene rings is 1. The molecule has 0 saturated carbocycles. The second-order valence-electron chi connectivity index (χ2n) is 6.36. The Hall–Kier alpha value is -2.17. The number of hydrogen-bond acceptors (Lipinski definition) is 8. The second kappa shape index (κ2) is 7.10. The minimum absolute atomic E-state index is 0.314. The topological polar surface area (TPSA) is 127 Å². The third-order valence-corrected chi connectivity index (χ3v) is 5.57. The zero-order valence-corrected chi connectivity index (χ0v) is 15.4. The van der Waals surface area contributed by atoms with E-state index in [0.29, 0.717) is 16.9 Å². The van der Waals surface area contributed by atoms with Gasteiger partial charge in [-0.25, -0.2) is 9.97 Å².